The van der Waals surface area contributed by atoms with Gasteiger partial charge in [-0.3, -0.25) is 4.98 Å². The highest BCUT2D eigenvalue weighted by atomic mass is 32.2. The zero-order chi connectivity index (χ0) is 22.8. The molecule has 160 valence electrons. The highest BCUT2D eigenvalue weighted by Crippen LogP contribution is 2.32. The minimum atomic E-state index is -0.524. The van der Waals surface area contributed by atoms with Crippen LogP contribution in [0.5, 0.6) is 0 Å². The van der Waals surface area contributed by atoms with E-state index < -0.39 is 17.3 Å². The molecule has 0 aliphatic heterocycles. The van der Waals surface area contributed by atoms with Crippen molar-refractivity contribution in [3.8, 4) is 16.9 Å². The summed E-state index contributed by atoms with van der Waals surface area (Å²) in [5, 5.41) is 7.42. The third-order valence-electron chi connectivity index (χ3n) is 4.82. The second-order valence-electron chi connectivity index (χ2n) is 6.88. The smallest absolute Gasteiger partial charge is 0.265 e. The largest absolute Gasteiger partial charge is 0.368 e. The summed E-state index contributed by atoms with van der Waals surface area (Å²) in [5.41, 5.74) is 2.12. The number of nitrogens with zero attached hydrogens (tertiary/aromatic N) is 6. The lowest BCUT2D eigenvalue weighted by molar-refractivity contribution is 0.601. The summed E-state index contributed by atoms with van der Waals surface area (Å²) in [7, 11) is 1.45. The van der Waals surface area contributed by atoms with Crippen LogP contribution in [0.2, 0.25) is 0 Å². The Labute approximate surface area is 186 Å². The zero-order valence-electron chi connectivity index (χ0n) is 17.1. The van der Waals surface area contributed by atoms with E-state index in [0.717, 1.165) is 21.1 Å². The van der Waals surface area contributed by atoms with Gasteiger partial charge in [-0.1, -0.05) is 18.2 Å². The van der Waals surface area contributed by atoms with Gasteiger partial charge in [0.2, 0.25) is 5.69 Å². The number of thioether (sulfide) groups is 1. The number of halogens is 2. The zero-order valence-corrected chi connectivity index (χ0v) is 17.9. The Hall–Kier alpha value is -3.84. The van der Waals surface area contributed by atoms with Gasteiger partial charge < -0.3 is 0 Å². The van der Waals surface area contributed by atoms with Crippen LogP contribution in [0, 0.1) is 25.1 Å². The van der Waals surface area contributed by atoms with Crippen molar-refractivity contribution in [1.82, 2.24) is 24.8 Å². The molecule has 2 heterocycles. The van der Waals surface area contributed by atoms with Crippen molar-refractivity contribution in [2.45, 2.75) is 17.6 Å². The van der Waals surface area contributed by atoms with Crippen LogP contribution >= 0.6 is 11.8 Å². The first-order valence-electron chi connectivity index (χ1n) is 9.43. The van der Waals surface area contributed by atoms with Crippen LogP contribution in [0.3, 0.4) is 0 Å². The average molecular weight is 450 g/mol. The van der Waals surface area contributed by atoms with Crippen LogP contribution in [-0.4, -0.2) is 24.8 Å². The van der Waals surface area contributed by atoms with Crippen molar-refractivity contribution >= 4 is 17.4 Å². The molecule has 0 aliphatic carbocycles. The Kier molecular flexibility index (Phi) is 5.83. The van der Waals surface area contributed by atoms with Gasteiger partial charge in [0.15, 0.2) is 0 Å². The number of aromatic nitrogens is 5. The van der Waals surface area contributed by atoms with E-state index in [0.29, 0.717) is 27.5 Å². The van der Waals surface area contributed by atoms with E-state index in [2.05, 4.69) is 20.3 Å². The van der Waals surface area contributed by atoms with Crippen molar-refractivity contribution in [2.75, 3.05) is 0 Å². The number of pyridine rings is 1. The summed E-state index contributed by atoms with van der Waals surface area (Å²) < 4.78 is 31.4. The van der Waals surface area contributed by atoms with Crippen LogP contribution in [0.1, 0.15) is 11.3 Å². The predicted molar refractivity (Wildman–Crippen MR) is 117 cm³/mol. The van der Waals surface area contributed by atoms with Gasteiger partial charge in [0.25, 0.3) is 0 Å². The first-order valence-corrected chi connectivity index (χ1v) is 10.4. The van der Waals surface area contributed by atoms with Crippen molar-refractivity contribution < 1.29 is 8.78 Å². The second-order valence-corrected chi connectivity index (χ2v) is 7.90. The van der Waals surface area contributed by atoms with E-state index in [1.165, 1.54) is 25.2 Å². The molecule has 0 radical (unpaired) electrons. The second kappa shape index (κ2) is 8.72. The number of benzene rings is 2. The van der Waals surface area contributed by atoms with Crippen molar-refractivity contribution in [1.29, 1.82) is 0 Å². The van der Waals surface area contributed by atoms with Crippen LogP contribution in [0.4, 0.5) is 14.5 Å². The molecule has 32 heavy (non-hydrogen) atoms. The van der Waals surface area contributed by atoms with Crippen molar-refractivity contribution in [3.05, 3.63) is 93.3 Å². The average Bonchev–Trinajstić information content (AvgIpc) is 3.11. The molecule has 0 bridgehead atoms. The topological polar surface area (TPSA) is 70.0 Å². The van der Waals surface area contributed by atoms with E-state index in [9.17, 15) is 13.6 Å². The number of aryl methyl sites for hydroxylation is 2. The molecule has 0 unspecified atom stereocenters. The van der Waals surface area contributed by atoms with Crippen LogP contribution in [-0.2, 0) is 12.8 Å². The molecular weight excluding hydrogens is 434 g/mol. The minimum Gasteiger partial charge on any atom is -0.265 e. The Morgan fingerprint density at radius 3 is 2.56 bits per heavy atom. The first kappa shape index (κ1) is 21.4. The van der Waals surface area contributed by atoms with Gasteiger partial charge in [0.1, 0.15) is 11.6 Å². The maximum atomic E-state index is 14.8. The van der Waals surface area contributed by atoms with E-state index in [-0.39, 0.29) is 17.0 Å². The Bertz CT molecular complexity index is 1420. The van der Waals surface area contributed by atoms with Gasteiger partial charge >= 0.3 is 5.69 Å². The van der Waals surface area contributed by atoms with Gasteiger partial charge in [-0.2, -0.15) is 9.36 Å². The van der Waals surface area contributed by atoms with Gasteiger partial charge in [-0.05, 0) is 47.7 Å². The highest BCUT2D eigenvalue weighted by Gasteiger charge is 2.16. The molecule has 2 aromatic heterocycles. The maximum absolute atomic E-state index is 14.8. The van der Waals surface area contributed by atoms with E-state index in [4.69, 9.17) is 6.57 Å². The van der Waals surface area contributed by atoms with E-state index in [1.807, 2.05) is 0 Å². The molecule has 0 N–H and O–H groups in total. The molecule has 0 saturated carbocycles. The highest BCUT2D eigenvalue weighted by molar-refractivity contribution is 7.98. The van der Waals surface area contributed by atoms with Gasteiger partial charge in [0, 0.05) is 34.5 Å². The Balaban J connectivity index is 1.61. The third-order valence-corrected chi connectivity index (χ3v) is 5.90. The standard InChI is InChI=1S/C22H16F2N6OS/c1-13-18(25-2)8-9-19(26-13)14-7-10-21(17(24)11-14)32-12-15-16(23)5-4-6-20(15)30-22(31)29(3)27-28-30/h4-11H,12H2,1,3H3. The van der Waals surface area contributed by atoms with Crippen molar-refractivity contribution in [2.24, 2.45) is 7.05 Å². The molecular formula is C22H16F2N6OS. The molecule has 4 aromatic rings. The SMILES string of the molecule is [C-]#[N+]c1ccc(-c2ccc(SCc3c(F)cccc3-n3nnn(C)c3=O)c(F)c2)nc1C. The normalized spacial score (nSPS) is 10.8. The molecule has 0 fully saturated rings. The monoisotopic (exact) mass is 450 g/mol. The predicted octanol–water partition coefficient (Wildman–Crippen LogP) is 4.46. The van der Waals surface area contributed by atoms with Gasteiger partial charge in [0.05, 0.1) is 18.0 Å². The molecule has 10 heteroatoms. The number of hydrogen-bond donors (Lipinski definition) is 0. The summed E-state index contributed by atoms with van der Waals surface area (Å²) in [4.78, 5) is 20.3. The number of rotatable bonds is 5. The summed E-state index contributed by atoms with van der Waals surface area (Å²) in [6.45, 7) is 8.83. The van der Waals surface area contributed by atoms with E-state index >= 15 is 0 Å². The third kappa shape index (κ3) is 4.02. The number of hydrogen-bond acceptors (Lipinski definition) is 5. The molecule has 4 rings (SSSR count). The summed E-state index contributed by atoms with van der Waals surface area (Å²) in [6, 6.07) is 12.3. The van der Waals surface area contributed by atoms with Crippen LogP contribution < -0.4 is 5.69 Å². The molecule has 0 amide bonds. The molecule has 0 aliphatic rings. The fourth-order valence-corrected chi connectivity index (χ4v) is 4.06. The van der Waals surface area contributed by atoms with Crippen molar-refractivity contribution in [3.63, 3.8) is 0 Å². The molecule has 0 spiro atoms. The lowest BCUT2D eigenvalue weighted by Gasteiger charge is -2.10. The van der Waals surface area contributed by atoms with Gasteiger partial charge in [-0.15, -0.1) is 11.8 Å². The lowest BCUT2D eigenvalue weighted by atomic mass is 10.1. The minimum absolute atomic E-state index is 0.0817. The van der Waals surface area contributed by atoms with E-state index in [1.54, 1.807) is 37.3 Å². The van der Waals surface area contributed by atoms with Crippen LogP contribution in [0.15, 0.2) is 58.2 Å². The summed E-state index contributed by atoms with van der Waals surface area (Å²) >= 11 is 1.10. The quantitative estimate of drug-likeness (QED) is 0.332. The van der Waals surface area contributed by atoms with Gasteiger partial charge in [-0.25, -0.2) is 18.4 Å². The lowest BCUT2D eigenvalue weighted by Crippen LogP contribution is -2.23. The fourth-order valence-electron chi connectivity index (χ4n) is 3.11. The Morgan fingerprint density at radius 1 is 1.09 bits per heavy atom. The van der Waals surface area contributed by atoms with Crippen LogP contribution in [0.25, 0.3) is 21.8 Å². The summed E-state index contributed by atoms with van der Waals surface area (Å²) in [6.07, 6.45) is 0. The summed E-state index contributed by atoms with van der Waals surface area (Å²) in [5.74, 6) is -0.918. The molecule has 0 saturated heterocycles. The Morgan fingerprint density at radius 2 is 1.91 bits per heavy atom. The molecule has 2 aromatic carbocycles. The fraction of sp³-hybridized carbons (Fsp3) is 0.136. The molecule has 0 atom stereocenters. The number of tetrazole rings is 1. The maximum Gasteiger partial charge on any atom is 0.368 e. The first-order chi connectivity index (χ1) is 15.4. The molecule has 7 nitrogen and oxygen atoms in total.